The van der Waals surface area contributed by atoms with E-state index in [4.69, 9.17) is 0 Å². The molecule has 4 rings (SSSR count). The minimum absolute atomic E-state index is 0.0496. The average molecular weight is 409 g/mol. The van der Waals surface area contributed by atoms with Gasteiger partial charge in [-0.15, -0.1) is 0 Å². The molecule has 2 amide bonds. The number of pyridine rings is 1. The number of hydrogen-bond donors (Lipinski definition) is 1. The molecule has 2 saturated heterocycles. The molecule has 0 radical (unpaired) electrons. The van der Waals surface area contributed by atoms with Crippen LogP contribution in [-0.2, 0) is 4.79 Å². The van der Waals surface area contributed by atoms with Gasteiger partial charge in [-0.1, -0.05) is 26.0 Å². The van der Waals surface area contributed by atoms with E-state index in [2.05, 4.69) is 24.1 Å². The molecule has 158 valence electrons. The zero-order chi connectivity index (χ0) is 21.4. The Kier molecular flexibility index (Phi) is 5.47. The Bertz CT molecular complexity index is 1040. The third kappa shape index (κ3) is 3.65. The van der Waals surface area contributed by atoms with E-state index in [1.807, 2.05) is 24.3 Å². The molecule has 0 aliphatic carbocycles. The molecule has 0 spiro atoms. The average Bonchev–Trinajstić information content (AvgIpc) is 2.74. The fourth-order valence-corrected chi connectivity index (χ4v) is 4.24. The molecular formula is C23H28N4O3. The van der Waals surface area contributed by atoms with Crippen LogP contribution in [-0.4, -0.2) is 64.9 Å². The molecular weight excluding hydrogens is 380 g/mol. The molecule has 3 heterocycles. The van der Waals surface area contributed by atoms with Gasteiger partial charge in [0, 0.05) is 44.6 Å². The van der Waals surface area contributed by atoms with Gasteiger partial charge in [-0.2, -0.15) is 0 Å². The number of fused-ring (bicyclic) bond motifs is 1. The summed E-state index contributed by atoms with van der Waals surface area (Å²) in [5, 5.41) is 2.86. The summed E-state index contributed by atoms with van der Waals surface area (Å²) in [6.45, 7) is 8.89. The fraction of sp³-hybridized carbons (Fsp3) is 0.435. The number of nitrogens with zero attached hydrogens (tertiary/aromatic N) is 3. The van der Waals surface area contributed by atoms with E-state index in [9.17, 15) is 14.4 Å². The van der Waals surface area contributed by atoms with Crippen LogP contribution >= 0.6 is 0 Å². The van der Waals surface area contributed by atoms with Gasteiger partial charge < -0.3 is 10.2 Å². The predicted octanol–water partition coefficient (Wildman–Crippen LogP) is 1.53. The number of amides is 2. The first-order valence-electron chi connectivity index (χ1n) is 10.5. The lowest BCUT2D eigenvalue weighted by Crippen LogP contribution is -2.64. The van der Waals surface area contributed by atoms with Gasteiger partial charge in [-0.3, -0.25) is 23.9 Å². The molecule has 2 aliphatic rings. The molecule has 1 N–H and O–H groups in total. The molecule has 0 bridgehead atoms. The minimum Gasteiger partial charge on any atom is -0.353 e. The van der Waals surface area contributed by atoms with E-state index in [0.717, 1.165) is 17.8 Å². The van der Waals surface area contributed by atoms with Gasteiger partial charge in [-0.05, 0) is 42.2 Å². The van der Waals surface area contributed by atoms with Crippen LogP contribution in [0.1, 0.15) is 41.3 Å². The highest BCUT2D eigenvalue weighted by atomic mass is 16.2. The van der Waals surface area contributed by atoms with Gasteiger partial charge >= 0.3 is 0 Å². The van der Waals surface area contributed by atoms with Crippen molar-refractivity contribution in [2.75, 3.05) is 32.7 Å². The number of piperazine rings is 2. The van der Waals surface area contributed by atoms with E-state index in [-0.39, 0.29) is 29.0 Å². The Labute approximate surface area is 176 Å². The summed E-state index contributed by atoms with van der Waals surface area (Å²) in [7, 11) is 0. The van der Waals surface area contributed by atoms with Gasteiger partial charge in [-0.25, -0.2) is 0 Å². The fourth-order valence-electron chi connectivity index (χ4n) is 4.24. The topological polar surface area (TPSA) is 74.7 Å². The van der Waals surface area contributed by atoms with Gasteiger partial charge in [0.25, 0.3) is 11.5 Å². The summed E-state index contributed by atoms with van der Waals surface area (Å²) in [6, 6.07) is 9.29. The third-order valence-corrected chi connectivity index (χ3v) is 6.11. The summed E-state index contributed by atoms with van der Waals surface area (Å²) in [6.07, 6.45) is 1.72. The predicted molar refractivity (Wildman–Crippen MR) is 115 cm³/mol. The van der Waals surface area contributed by atoms with Gasteiger partial charge in [0.1, 0.15) is 11.6 Å². The van der Waals surface area contributed by atoms with Crippen molar-refractivity contribution >= 4 is 11.8 Å². The molecule has 2 fully saturated rings. The molecule has 2 aromatic rings. The Morgan fingerprint density at radius 3 is 2.70 bits per heavy atom. The van der Waals surface area contributed by atoms with Gasteiger partial charge in [0.2, 0.25) is 5.91 Å². The lowest BCUT2D eigenvalue weighted by molar-refractivity contribution is -0.131. The molecule has 1 aromatic carbocycles. The van der Waals surface area contributed by atoms with Crippen molar-refractivity contribution in [3.8, 4) is 5.69 Å². The third-order valence-electron chi connectivity index (χ3n) is 6.11. The highest BCUT2D eigenvalue weighted by molar-refractivity contribution is 5.96. The second-order valence-electron chi connectivity index (χ2n) is 8.39. The molecule has 0 saturated carbocycles. The largest absolute Gasteiger partial charge is 0.353 e. The Morgan fingerprint density at radius 2 is 1.93 bits per heavy atom. The van der Waals surface area contributed by atoms with Crippen LogP contribution in [0.2, 0.25) is 0 Å². The number of carbonyl (C=O) groups excluding carboxylic acids is 2. The van der Waals surface area contributed by atoms with Crippen molar-refractivity contribution in [1.82, 2.24) is 19.7 Å². The first-order chi connectivity index (χ1) is 14.4. The van der Waals surface area contributed by atoms with Crippen molar-refractivity contribution in [1.29, 1.82) is 0 Å². The summed E-state index contributed by atoms with van der Waals surface area (Å²) in [4.78, 5) is 42.7. The van der Waals surface area contributed by atoms with Crippen LogP contribution in [0.5, 0.6) is 0 Å². The zero-order valence-electron chi connectivity index (χ0n) is 17.7. The number of carbonyl (C=O) groups is 2. The molecule has 1 atom stereocenters. The Hall–Kier alpha value is -2.93. The zero-order valence-corrected chi connectivity index (χ0v) is 17.7. The van der Waals surface area contributed by atoms with Crippen LogP contribution in [0.15, 0.2) is 41.3 Å². The summed E-state index contributed by atoms with van der Waals surface area (Å²) in [5.74, 6) is -0.0125. The van der Waals surface area contributed by atoms with E-state index in [1.54, 1.807) is 24.1 Å². The first kappa shape index (κ1) is 20.3. The van der Waals surface area contributed by atoms with Crippen molar-refractivity contribution < 1.29 is 9.59 Å². The van der Waals surface area contributed by atoms with Crippen LogP contribution < -0.4 is 10.9 Å². The smallest absolute Gasteiger partial charge is 0.268 e. The van der Waals surface area contributed by atoms with Crippen molar-refractivity contribution in [3.63, 3.8) is 0 Å². The normalized spacial score (nSPS) is 19.5. The van der Waals surface area contributed by atoms with E-state index in [1.165, 1.54) is 4.57 Å². The number of aromatic nitrogens is 1. The lowest BCUT2D eigenvalue weighted by Gasteiger charge is -2.43. The maximum absolute atomic E-state index is 13.3. The van der Waals surface area contributed by atoms with Crippen molar-refractivity contribution in [2.45, 2.75) is 32.7 Å². The molecule has 7 nitrogen and oxygen atoms in total. The quantitative estimate of drug-likeness (QED) is 0.836. The second kappa shape index (κ2) is 8.07. The van der Waals surface area contributed by atoms with Crippen LogP contribution in [0.25, 0.3) is 5.69 Å². The van der Waals surface area contributed by atoms with Crippen LogP contribution in [0, 0.1) is 6.92 Å². The number of nitrogens with one attached hydrogen (secondary N) is 1. The van der Waals surface area contributed by atoms with Gasteiger partial charge in [0.15, 0.2) is 0 Å². The standard InChI is InChI=1S/C23H28N4O3/c1-15(2)17-5-4-6-18(13-17)27-9-7-16(3)20(23(27)30)22(29)26-12-11-25-10-8-24-21(28)19(25)14-26/h4-7,9,13,15,19H,8,10-12,14H2,1-3H3,(H,24,28). The monoisotopic (exact) mass is 408 g/mol. The van der Waals surface area contributed by atoms with Crippen molar-refractivity contribution in [2.24, 2.45) is 0 Å². The van der Waals surface area contributed by atoms with E-state index >= 15 is 0 Å². The van der Waals surface area contributed by atoms with E-state index < -0.39 is 0 Å². The van der Waals surface area contributed by atoms with E-state index in [0.29, 0.717) is 37.7 Å². The maximum atomic E-state index is 13.3. The minimum atomic E-state index is -0.342. The number of rotatable bonds is 3. The number of aryl methyl sites for hydroxylation is 1. The number of hydrogen-bond acceptors (Lipinski definition) is 4. The molecule has 7 heteroatoms. The highest BCUT2D eigenvalue weighted by Crippen LogP contribution is 2.19. The highest BCUT2D eigenvalue weighted by Gasteiger charge is 2.37. The lowest BCUT2D eigenvalue weighted by atomic mass is 10.0. The Morgan fingerprint density at radius 1 is 1.13 bits per heavy atom. The maximum Gasteiger partial charge on any atom is 0.268 e. The molecule has 30 heavy (non-hydrogen) atoms. The van der Waals surface area contributed by atoms with Crippen LogP contribution in [0.4, 0.5) is 0 Å². The first-order valence-corrected chi connectivity index (χ1v) is 10.5. The summed E-state index contributed by atoms with van der Waals surface area (Å²) < 4.78 is 1.54. The van der Waals surface area contributed by atoms with Crippen LogP contribution in [0.3, 0.4) is 0 Å². The SMILES string of the molecule is Cc1ccn(-c2cccc(C(C)C)c2)c(=O)c1C(=O)N1CCN2CCNC(=O)C2C1. The molecule has 2 aliphatic heterocycles. The summed E-state index contributed by atoms with van der Waals surface area (Å²) >= 11 is 0. The second-order valence-corrected chi connectivity index (χ2v) is 8.39. The summed E-state index contributed by atoms with van der Waals surface area (Å²) in [5.41, 5.74) is 2.38. The number of benzene rings is 1. The van der Waals surface area contributed by atoms with Gasteiger partial charge in [0.05, 0.1) is 0 Å². The Balaban J connectivity index is 1.67. The van der Waals surface area contributed by atoms with Crippen molar-refractivity contribution in [3.05, 3.63) is 63.6 Å². The molecule has 1 unspecified atom stereocenters. The molecule has 1 aromatic heterocycles.